The minimum Gasteiger partial charge on any atom is -0.391 e. The molecule has 1 fully saturated rings. The molecular formula is C18H23N5O3S. The zero-order chi connectivity index (χ0) is 19.1. The second kappa shape index (κ2) is 7.05. The molecule has 0 aliphatic carbocycles. The number of aliphatic hydroxyl groups excluding tert-OH is 1. The molecule has 0 radical (unpaired) electrons. The first-order valence-electron chi connectivity index (χ1n) is 9.17. The molecule has 2 aliphatic rings. The maximum Gasteiger partial charge on any atom is 0.255 e. The fraction of sp³-hybridized carbons (Fsp3) is 0.556. The predicted octanol–water partition coefficient (Wildman–Crippen LogP) is 1.29. The van der Waals surface area contributed by atoms with E-state index in [-0.39, 0.29) is 23.8 Å². The standard InChI is InChI=1S/C18H23N5O3S/c1-11(2)17(25)23-8-13(24)7-14(23)16-20-19-15-9-21(4-5-22(15)16)18(26)12-3-6-27-10-12/h3,6,10-11,13-14,24H,4-5,7-9H2,1-2H3/t13-,14+/m1/s1. The molecule has 2 aromatic heterocycles. The summed E-state index contributed by atoms with van der Waals surface area (Å²) in [7, 11) is 0. The lowest BCUT2D eigenvalue weighted by Crippen LogP contribution is -2.40. The van der Waals surface area contributed by atoms with E-state index in [1.807, 2.05) is 35.2 Å². The number of likely N-dealkylation sites (tertiary alicyclic amines) is 1. The van der Waals surface area contributed by atoms with Gasteiger partial charge in [0.05, 0.1) is 24.3 Å². The topological polar surface area (TPSA) is 91.6 Å². The molecule has 0 saturated carbocycles. The number of fused-ring (bicyclic) bond motifs is 1. The Morgan fingerprint density at radius 1 is 1.30 bits per heavy atom. The highest BCUT2D eigenvalue weighted by Gasteiger charge is 2.40. The van der Waals surface area contributed by atoms with Crippen molar-refractivity contribution < 1.29 is 14.7 Å². The lowest BCUT2D eigenvalue weighted by Gasteiger charge is -2.30. The van der Waals surface area contributed by atoms with Crippen molar-refractivity contribution in [1.82, 2.24) is 24.6 Å². The molecule has 27 heavy (non-hydrogen) atoms. The molecule has 4 heterocycles. The van der Waals surface area contributed by atoms with E-state index in [2.05, 4.69) is 10.2 Å². The summed E-state index contributed by atoms with van der Waals surface area (Å²) in [6.07, 6.45) is -0.0837. The van der Waals surface area contributed by atoms with Crippen molar-refractivity contribution in [2.45, 2.75) is 45.5 Å². The van der Waals surface area contributed by atoms with E-state index < -0.39 is 6.10 Å². The fourth-order valence-electron chi connectivity index (χ4n) is 3.80. The Kier molecular flexibility index (Phi) is 4.73. The van der Waals surface area contributed by atoms with Crippen LogP contribution in [0.4, 0.5) is 0 Å². The number of β-amino-alcohol motifs (C(OH)–C–C–N with tert-alkyl or cyclic N) is 1. The summed E-state index contributed by atoms with van der Waals surface area (Å²) in [5.74, 6) is 1.30. The quantitative estimate of drug-likeness (QED) is 0.854. The molecule has 2 atom stereocenters. The van der Waals surface area contributed by atoms with E-state index in [4.69, 9.17) is 0 Å². The van der Waals surface area contributed by atoms with Crippen molar-refractivity contribution in [3.05, 3.63) is 34.0 Å². The van der Waals surface area contributed by atoms with Crippen molar-refractivity contribution in [2.75, 3.05) is 13.1 Å². The number of aliphatic hydroxyl groups is 1. The van der Waals surface area contributed by atoms with Crippen molar-refractivity contribution in [3.8, 4) is 0 Å². The summed E-state index contributed by atoms with van der Waals surface area (Å²) in [4.78, 5) is 28.6. The smallest absolute Gasteiger partial charge is 0.255 e. The number of amides is 2. The maximum absolute atomic E-state index is 12.6. The van der Waals surface area contributed by atoms with Gasteiger partial charge in [0.15, 0.2) is 11.6 Å². The molecule has 8 nitrogen and oxygen atoms in total. The van der Waals surface area contributed by atoms with Crippen LogP contribution in [0.25, 0.3) is 0 Å². The number of aromatic nitrogens is 3. The van der Waals surface area contributed by atoms with Gasteiger partial charge in [-0.1, -0.05) is 13.8 Å². The van der Waals surface area contributed by atoms with Gasteiger partial charge in [-0.2, -0.15) is 11.3 Å². The number of carbonyl (C=O) groups is 2. The van der Waals surface area contributed by atoms with Gasteiger partial charge in [-0.15, -0.1) is 10.2 Å². The van der Waals surface area contributed by atoms with Gasteiger partial charge in [0, 0.05) is 37.4 Å². The van der Waals surface area contributed by atoms with E-state index in [0.29, 0.717) is 44.0 Å². The molecule has 1 saturated heterocycles. The van der Waals surface area contributed by atoms with Crippen LogP contribution in [-0.4, -0.2) is 60.7 Å². The van der Waals surface area contributed by atoms with Gasteiger partial charge in [-0.05, 0) is 11.4 Å². The summed E-state index contributed by atoms with van der Waals surface area (Å²) in [6, 6.07) is 1.56. The maximum atomic E-state index is 12.6. The van der Waals surface area contributed by atoms with E-state index in [1.165, 1.54) is 11.3 Å². The highest BCUT2D eigenvalue weighted by Crippen LogP contribution is 2.33. The summed E-state index contributed by atoms with van der Waals surface area (Å²) in [5.41, 5.74) is 0.695. The van der Waals surface area contributed by atoms with Crippen molar-refractivity contribution in [1.29, 1.82) is 0 Å². The fourth-order valence-corrected chi connectivity index (χ4v) is 4.43. The third-order valence-electron chi connectivity index (χ3n) is 5.19. The summed E-state index contributed by atoms with van der Waals surface area (Å²) in [6.45, 7) is 5.60. The van der Waals surface area contributed by atoms with Gasteiger partial charge >= 0.3 is 0 Å². The van der Waals surface area contributed by atoms with Crippen molar-refractivity contribution >= 4 is 23.2 Å². The lowest BCUT2D eigenvalue weighted by molar-refractivity contribution is -0.135. The van der Waals surface area contributed by atoms with Crippen LogP contribution in [0.1, 0.15) is 48.3 Å². The van der Waals surface area contributed by atoms with Crippen LogP contribution in [0.3, 0.4) is 0 Å². The summed E-state index contributed by atoms with van der Waals surface area (Å²) >= 11 is 1.50. The predicted molar refractivity (Wildman–Crippen MR) is 99.0 cm³/mol. The third-order valence-corrected chi connectivity index (χ3v) is 5.87. The molecule has 2 aliphatic heterocycles. The Hall–Kier alpha value is -2.26. The van der Waals surface area contributed by atoms with Crippen LogP contribution in [0.5, 0.6) is 0 Å². The SMILES string of the molecule is CC(C)C(=O)N1C[C@H](O)C[C@H]1c1nnc2n1CCN(C(=O)c1ccsc1)C2. The molecule has 0 bridgehead atoms. The first kappa shape index (κ1) is 18.1. The molecule has 0 spiro atoms. The summed E-state index contributed by atoms with van der Waals surface area (Å²) in [5, 5.41) is 22.5. The largest absolute Gasteiger partial charge is 0.391 e. The Morgan fingerprint density at radius 3 is 2.81 bits per heavy atom. The van der Waals surface area contributed by atoms with Gasteiger partial charge in [0.1, 0.15) is 0 Å². The molecule has 4 rings (SSSR count). The van der Waals surface area contributed by atoms with Crippen LogP contribution in [0, 0.1) is 5.92 Å². The minimum atomic E-state index is -0.550. The number of nitrogens with zero attached hydrogens (tertiary/aromatic N) is 5. The van der Waals surface area contributed by atoms with Crippen molar-refractivity contribution in [3.63, 3.8) is 0 Å². The van der Waals surface area contributed by atoms with E-state index in [9.17, 15) is 14.7 Å². The monoisotopic (exact) mass is 389 g/mol. The van der Waals surface area contributed by atoms with Crippen LogP contribution in [0.15, 0.2) is 16.8 Å². The number of carbonyl (C=O) groups excluding carboxylic acids is 2. The Balaban J connectivity index is 1.56. The Morgan fingerprint density at radius 2 is 2.11 bits per heavy atom. The molecule has 1 N–H and O–H groups in total. The van der Waals surface area contributed by atoms with Gasteiger partial charge in [-0.25, -0.2) is 0 Å². The van der Waals surface area contributed by atoms with Gasteiger partial charge in [0.2, 0.25) is 5.91 Å². The molecule has 0 unspecified atom stereocenters. The normalized spacial score (nSPS) is 22.4. The molecule has 2 amide bonds. The number of hydrogen-bond donors (Lipinski definition) is 1. The number of rotatable bonds is 3. The average Bonchev–Trinajstić information content (AvgIpc) is 3.38. The number of thiophene rings is 1. The Labute approximate surface area is 161 Å². The third kappa shape index (κ3) is 3.25. The van der Waals surface area contributed by atoms with E-state index in [1.54, 1.807) is 9.80 Å². The minimum absolute atomic E-state index is 0.0000457. The van der Waals surface area contributed by atoms with Gasteiger partial charge in [0.25, 0.3) is 5.91 Å². The number of hydrogen-bond acceptors (Lipinski definition) is 6. The zero-order valence-corrected chi connectivity index (χ0v) is 16.2. The summed E-state index contributed by atoms with van der Waals surface area (Å²) < 4.78 is 2.00. The molecule has 144 valence electrons. The van der Waals surface area contributed by atoms with Crippen LogP contribution >= 0.6 is 11.3 Å². The highest BCUT2D eigenvalue weighted by atomic mass is 32.1. The Bertz CT molecular complexity index is 847. The average molecular weight is 389 g/mol. The second-order valence-corrected chi connectivity index (χ2v) is 8.20. The van der Waals surface area contributed by atoms with Gasteiger partial charge < -0.3 is 19.5 Å². The van der Waals surface area contributed by atoms with E-state index >= 15 is 0 Å². The van der Waals surface area contributed by atoms with Crippen LogP contribution in [-0.2, 0) is 17.9 Å². The van der Waals surface area contributed by atoms with E-state index in [0.717, 1.165) is 5.82 Å². The van der Waals surface area contributed by atoms with Crippen LogP contribution in [0.2, 0.25) is 0 Å². The zero-order valence-electron chi connectivity index (χ0n) is 15.4. The second-order valence-electron chi connectivity index (χ2n) is 7.42. The highest BCUT2D eigenvalue weighted by molar-refractivity contribution is 7.08. The lowest BCUT2D eigenvalue weighted by atomic mass is 10.1. The first-order chi connectivity index (χ1) is 13.0. The van der Waals surface area contributed by atoms with Crippen molar-refractivity contribution in [2.24, 2.45) is 5.92 Å². The molecular weight excluding hydrogens is 366 g/mol. The van der Waals surface area contributed by atoms with Gasteiger partial charge in [-0.3, -0.25) is 9.59 Å². The first-order valence-corrected chi connectivity index (χ1v) is 10.1. The molecule has 9 heteroatoms. The molecule has 0 aromatic carbocycles. The van der Waals surface area contributed by atoms with Crippen LogP contribution < -0.4 is 0 Å². The molecule has 2 aromatic rings.